The van der Waals surface area contributed by atoms with Crippen LogP contribution in [0.5, 0.6) is 0 Å². The first kappa shape index (κ1) is 12.6. The van der Waals surface area contributed by atoms with Crippen molar-refractivity contribution in [1.29, 1.82) is 0 Å². The van der Waals surface area contributed by atoms with E-state index in [2.05, 4.69) is 33.4 Å². The number of halogens is 1. The molecule has 1 aliphatic carbocycles. The van der Waals surface area contributed by atoms with Gasteiger partial charge in [-0.2, -0.15) is 0 Å². The van der Waals surface area contributed by atoms with Gasteiger partial charge < -0.3 is 5.32 Å². The molecule has 1 aliphatic rings. The molecule has 1 amide bonds. The Hall–Kier alpha value is -0.830. The van der Waals surface area contributed by atoms with Crippen LogP contribution in [0.2, 0.25) is 0 Å². The van der Waals surface area contributed by atoms with Crippen LogP contribution >= 0.6 is 15.9 Å². The molecule has 0 aromatic heterocycles. The van der Waals surface area contributed by atoms with Gasteiger partial charge in [-0.15, -0.1) is 0 Å². The predicted molar refractivity (Wildman–Crippen MR) is 73.1 cm³/mol. The van der Waals surface area contributed by atoms with Gasteiger partial charge in [0.25, 0.3) is 0 Å². The molecule has 1 fully saturated rings. The predicted octanol–water partition coefficient (Wildman–Crippen LogP) is 3.43. The minimum Gasteiger partial charge on any atom is -0.348 e. The van der Waals surface area contributed by atoms with Crippen LogP contribution in [0.3, 0.4) is 0 Å². The molecule has 0 aliphatic heterocycles. The lowest BCUT2D eigenvalue weighted by molar-refractivity contribution is -0.125. The summed E-state index contributed by atoms with van der Waals surface area (Å²) in [6, 6.07) is 10.2. The van der Waals surface area contributed by atoms with Crippen LogP contribution in [-0.4, -0.2) is 11.2 Å². The van der Waals surface area contributed by atoms with E-state index in [1.807, 2.05) is 18.2 Å². The van der Waals surface area contributed by atoms with Crippen molar-refractivity contribution in [3.05, 3.63) is 35.9 Å². The number of carbonyl (C=O) groups is 1. The van der Waals surface area contributed by atoms with E-state index in [4.69, 9.17) is 0 Å². The minimum atomic E-state index is 0.0873. The number of carbonyl (C=O) groups excluding carboxylic acids is 1. The highest BCUT2D eigenvalue weighted by Crippen LogP contribution is 2.26. The molecular weight excluding hydrogens is 278 g/mol. The van der Waals surface area contributed by atoms with E-state index < -0.39 is 0 Å². The molecule has 1 atom stereocenters. The van der Waals surface area contributed by atoms with Crippen LogP contribution in [0.1, 0.15) is 37.3 Å². The molecule has 0 bridgehead atoms. The van der Waals surface area contributed by atoms with Gasteiger partial charge in [0.15, 0.2) is 0 Å². The summed E-state index contributed by atoms with van der Waals surface area (Å²) in [5.41, 5.74) is 1.16. The summed E-state index contributed by atoms with van der Waals surface area (Å²) in [6.07, 6.45) is 4.50. The molecule has 0 radical (unpaired) electrons. The van der Waals surface area contributed by atoms with Gasteiger partial charge in [0.2, 0.25) is 5.91 Å². The summed E-state index contributed by atoms with van der Waals surface area (Å²) < 4.78 is 0. The normalized spacial score (nSPS) is 17.9. The molecule has 0 heterocycles. The van der Waals surface area contributed by atoms with Crippen molar-refractivity contribution in [3.63, 3.8) is 0 Å². The molecule has 0 saturated heterocycles. The third kappa shape index (κ3) is 3.32. The van der Waals surface area contributed by atoms with Crippen molar-refractivity contribution in [2.24, 2.45) is 5.92 Å². The molecule has 2 nitrogen and oxygen atoms in total. The molecule has 17 heavy (non-hydrogen) atoms. The highest BCUT2D eigenvalue weighted by atomic mass is 79.9. The summed E-state index contributed by atoms with van der Waals surface area (Å²) in [4.78, 5) is 12.1. The quantitative estimate of drug-likeness (QED) is 0.847. The number of alkyl halides is 1. The number of hydrogen-bond acceptors (Lipinski definition) is 1. The Morgan fingerprint density at radius 2 is 1.94 bits per heavy atom. The standard InChI is InChI=1S/C14H18BrNO/c15-10-13(11-6-2-1-3-7-11)16-14(17)12-8-4-5-9-12/h1-3,6-7,12-13H,4-5,8-10H2,(H,16,17). The molecule has 0 spiro atoms. The Balaban J connectivity index is 1.97. The number of amides is 1. The molecule has 1 unspecified atom stereocenters. The first-order chi connectivity index (χ1) is 8.31. The van der Waals surface area contributed by atoms with Crippen molar-refractivity contribution in [2.45, 2.75) is 31.7 Å². The fraction of sp³-hybridized carbons (Fsp3) is 0.500. The fourth-order valence-corrected chi connectivity index (χ4v) is 2.91. The van der Waals surface area contributed by atoms with Gasteiger partial charge in [-0.1, -0.05) is 59.1 Å². The largest absolute Gasteiger partial charge is 0.348 e. The lowest BCUT2D eigenvalue weighted by Crippen LogP contribution is -2.33. The van der Waals surface area contributed by atoms with E-state index in [0.717, 1.165) is 23.7 Å². The summed E-state index contributed by atoms with van der Waals surface area (Å²) in [5, 5.41) is 3.90. The lowest BCUT2D eigenvalue weighted by Gasteiger charge is -2.19. The number of nitrogens with one attached hydrogen (secondary N) is 1. The molecule has 1 aromatic carbocycles. The maximum Gasteiger partial charge on any atom is 0.223 e. The maximum atomic E-state index is 12.1. The molecule has 1 saturated carbocycles. The second kappa shape index (κ2) is 6.20. The van der Waals surface area contributed by atoms with Gasteiger partial charge >= 0.3 is 0 Å². The van der Waals surface area contributed by atoms with Gasteiger partial charge in [-0.3, -0.25) is 4.79 Å². The van der Waals surface area contributed by atoms with Crippen LogP contribution in [0, 0.1) is 5.92 Å². The Morgan fingerprint density at radius 1 is 1.29 bits per heavy atom. The van der Waals surface area contributed by atoms with E-state index in [1.165, 1.54) is 12.8 Å². The highest BCUT2D eigenvalue weighted by Gasteiger charge is 2.24. The van der Waals surface area contributed by atoms with E-state index in [0.29, 0.717) is 0 Å². The van der Waals surface area contributed by atoms with Crippen LogP contribution < -0.4 is 5.32 Å². The smallest absolute Gasteiger partial charge is 0.223 e. The minimum absolute atomic E-state index is 0.0873. The van der Waals surface area contributed by atoms with Crippen molar-refractivity contribution in [2.75, 3.05) is 5.33 Å². The lowest BCUT2D eigenvalue weighted by atomic mass is 10.0. The van der Waals surface area contributed by atoms with Crippen molar-refractivity contribution < 1.29 is 4.79 Å². The molecule has 92 valence electrons. The van der Waals surface area contributed by atoms with Crippen molar-refractivity contribution >= 4 is 21.8 Å². The van der Waals surface area contributed by atoms with Crippen LogP contribution in [0.4, 0.5) is 0 Å². The second-order valence-corrected chi connectivity index (χ2v) is 5.26. The van der Waals surface area contributed by atoms with Crippen molar-refractivity contribution in [3.8, 4) is 0 Å². The van der Waals surface area contributed by atoms with Crippen LogP contribution in [0.15, 0.2) is 30.3 Å². The Bertz CT molecular complexity index is 360. The fourth-order valence-electron chi connectivity index (χ4n) is 2.37. The SMILES string of the molecule is O=C(NC(CBr)c1ccccc1)C1CCCC1. The zero-order valence-corrected chi connectivity index (χ0v) is 11.4. The first-order valence-electron chi connectivity index (χ1n) is 6.22. The number of hydrogen-bond donors (Lipinski definition) is 1. The summed E-state index contributed by atoms with van der Waals surface area (Å²) in [5.74, 6) is 0.455. The van der Waals surface area contributed by atoms with Gasteiger partial charge in [0.05, 0.1) is 6.04 Å². The van der Waals surface area contributed by atoms with Crippen LogP contribution in [0.25, 0.3) is 0 Å². The zero-order chi connectivity index (χ0) is 12.1. The molecule has 1 aromatic rings. The van der Waals surface area contributed by atoms with Gasteiger partial charge in [0, 0.05) is 11.2 Å². The summed E-state index contributed by atoms with van der Waals surface area (Å²) >= 11 is 3.47. The average molecular weight is 296 g/mol. The molecule has 3 heteroatoms. The van der Waals surface area contributed by atoms with E-state index in [9.17, 15) is 4.79 Å². The summed E-state index contributed by atoms with van der Waals surface area (Å²) in [6.45, 7) is 0. The molecule has 2 rings (SSSR count). The first-order valence-corrected chi connectivity index (χ1v) is 7.34. The Kier molecular flexibility index (Phi) is 4.60. The van der Waals surface area contributed by atoms with E-state index in [-0.39, 0.29) is 17.9 Å². The Labute approximate surface area is 111 Å². The molecule has 1 N–H and O–H groups in total. The maximum absolute atomic E-state index is 12.1. The molecular formula is C14H18BrNO. The highest BCUT2D eigenvalue weighted by molar-refractivity contribution is 9.09. The van der Waals surface area contributed by atoms with Gasteiger partial charge in [-0.05, 0) is 18.4 Å². The van der Waals surface area contributed by atoms with Crippen molar-refractivity contribution in [1.82, 2.24) is 5.32 Å². The van der Waals surface area contributed by atoms with E-state index in [1.54, 1.807) is 0 Å². The van der Waals surface area contributed by atoms with Crippen LogP contribution in [-0.2, 0) is 4.79 Å². The third-order valence-corrected chi connectivity index (χ3v) is 4.05. The average Bonchev–Trinajstić information content (AvgIpc) is 2.90. The zero-order valence-electron chi connectivity index (χ0n) is 9.86. The third-order valence-electron chi connectivity index (χ3n) is 3.40. The Morgan fingerprint density at radius 3 is 2.53 bits per heavy atom. The monoisotopic (exact) mass is 295 g/mol. The van der Waals surface area contributed by atoms with Gasteiger partial charge in [-0.25, -0.2) is 0 Å². The topological polar surface area (TPSA) is 29.1 Å². The van der Waals surface area contributed by atoms with Gasteiger partial charge in [0.1, 0.15) is 0 Å². The summed E-state index contributed by atoms with van der Waals surface area (Å²) in [7, 11) is 0. The second-order valence-electron chi connectivity index (χ2n) is 4.61. The number of benzene rings is 1. The number of rotatable bonds is 4. The van der Waals surface area contributed by atoms with E-state index >= 15 is 0 Å².